The molecule has 2 rings (SSSR count). The molecular formula is C15H18Cl2O2. The SMILES string of the molecule is CC(C)(C)Cc1ccc(C2(C(=O)O)CC2(Cl)Cl)cc1. The molecule has 1 atom stereocenters. The van der Waals surface area contributed by atoms with Crippen molar-refractivity contribution < 1.29 is 9.90 Å². The van der Waals surface area contributed by atoms with Gasteiger partial charge in [0, 0.05) is 6.42 Å². The van der Waals surface area contributed by atoms with Gasteiger partial charge >= 0.3 is 5.97 Å². The molecule has 1 aromatic carbocycles. The maximum atomic E-state index is 11.4. The Morgan fingerprint density at radius 3 is 2.05 bits per heavy atom. The van der Waals surface area contributed by atoms with Crippen molar-refractivity contribution in [3.63, 3.8) is 0 Å². The van der Waals surface area contributed by atoms with Crippen molar-refractivity contribution in [2.24, 2.45) is 5.41 Å². The zero-order valence-electron chi connectivity index (χ0n) is 11.3. The van der Waals surface area contributed by atoms with Crippen molar-refractivity contribution in [1.29, 1.82) is 0 Å². The average molecular weight is 301 g/mol. The molecule has 1 unspecified atom stereocenters. The molecule has 104 valence electrons. The molecule has 0 bridgehead atoms. The van der Waals surface area contributed by atoms with Crippen LogP contribution in [0.5, 0.6) is 0 Å². The lowest BCUT2D eigenvalue weighted by atomic mass is 9.87. The van der Waals surface area contributed by atoms with Gasteiger partial charge in [0.2, 0.25) is 0 Å². The number of carbonyl (C=O) groups is 1. The van der Waals surface area contributed by atoms with E-state index >= 15 is 0 Å². The maximum Gasteiger partial charge on any atom is 0.317 e. The summed E-state index contributed by atoms with van der Waals surface area (Å²) in [6, 6.07) is 7.60. The Kier molecular flexibility index (Phi) is 3.39. The molecule has 1 N–H and O–H groups in total. The van der Waals surface area contributed by atoms with Crippen molar-refractivity contribution in [2.75, 3.05) is 0 Å². The summed E-state index contributed by atoms with van der Waals surface area (Å²) in [4.78, 5) is 11.4. The number of hydrogen-bond donors (Lipinski definition) is 1. The van der Waals surface area contributed by atoms with Crippen molar-refractivity contribution in [3.05, 3.63) is 35.4 Å². The lowest BCUT2D eigenvalue weighted by Crippen LogP contribution is -2.26. The van der Waals surface area contributed by atoms with E-state index in [1.54, 1.807) is 0 Å². The fourth-order valence-electron chi connectivity index (χ4n) is 2.48. The minimum atomic E-state index is -1.19. The Bertz CT molecular complexity index is 500. The van der Waals surface area contributed by atoms with Gasteiger partial charge in [0.15, 0.2) is 0 Å². The van der Waals surface area contributed by atoms with E-state index in [2.05, 4.69) is 20.8 Å². The van der Waals surface area contributed by atoms with Crippen LogP contribution >= 0.6 is 23.2 Å². The highest BCUT2D eigenvalue weighted by Crippen LogP contribution is 2.64. The van der Waals surface area contributed by atoms with Gasteiger partial charge in [0.25, 0.3) is 0 Å². The third-order valence-corrected chi connectivity index (χ3v) is 4.45. The molecule has 0 amide bonds. The first-order valence-corrected chi connectivity index (χ1v) is 7.05. The largest absolute Gasteiger partial charge is 0.480 e. The molecule has 1 saturated carbocycles. The van der Waals surface area contributed by atoms with Gasteiger partial charge in [-0.25, -0.2) is 0 Å². The smallest absolute Gasteiger partial charge is 0.317 e. The summed E-state index contributed by atoms with van der Waals surface area (Å²) in [5.41, 5.74) is 0.930. The Morgan fingerprint density at radius 2 is 1.74 bits per heavy atom. The average Bonchev–Trinajstić information content (AvgIpc) is 2.82. The minimum absolute atomic E-state index is 0.203. The van der Waals surface area contributed by atoms with Crippen LogP contribution in [0.25, 0.3) is 0 Å². The molecule has 1 aromatic rings. The first-order chi connectivity index (χ1) is 8.58. The Hall–Kier alpha value is -0.730. The molecule has 0 radical (unpaired) electrons. The van der Waals surface area contributed by atoms with Crippen LogP contribution in [-0.4, -0.2) is 15.4 Å². The van der Waals surface area contributed by atoms with Crippen LogP contribution in [0.3, 0.4) is 0 Å². The maximum absolute atomic E-state index is 11.4. The van der Waals surface area contributed by atoms with Crippen molar-refractivity contribution >= 4 is 29.2 Å². The molecule has 1 aliphatic carbocycles. The van der Waals surface area contributed by atoms with Crippen molar-refractivity contribution in [1.82, 2.24) is 0 Å². The van der Waals surface area contributed by atoms with E-state index in [1.165, 1.54) is 5.56 Å². The molecule has 4 heteroatoms. The number of carboxylic acid groups (broad SMARTS) is 1. The van der Waals surface area contributed by atoms with Gasteiger partial charge in [-0.3, -0.25) is 4.79 Å². The molecule has 0 spiro atoms. The van der Waals surface area contributed by atoms with E-state index in [9.17, 15) is 9.90 Å². The summed E-state index contributed by atoms with van der Waals surface area (Å²) in [5, 5.41) is 9.38. The lowest BCUT2D eigenvalue weighted by molar-refractivity contribution is -0.140. The first kappa shape index (κ1) is 14.7. The normalized spacial score (nSPS) is 25.1. The van der Waals surface area contributed by atoms with Crippen molar-refractivity contribution in [3.8, 4) is 0 Å². The minimum Gasteiger partial charge on any atom is -0.480 e. The Morgan fingerprint density at radius 1 is 1.26 bits per heavy atom. The molecule has 0 saturated heterocycles. The van der Waals surface area contributed by atoms with E-state index in [4.69, 9.17) is 23.2 Å². The zero-order valence-corrected chi connectivity index (χ0v) is 12.8. The van der Waals surface area contributed by atoms with Crippen LogP contribution in [0.4, 0.5) is 0 Å². The summed E-state index contributed by atoms with van der Waals surface area (Å²) >= 11 is 12.0. The summed E-state index contributed by atoms with van der Waals surface area (Å²) in [6.45, 7) is 6.51. The van der Waals surface area contributed by atoms with Gasteiger partial charge < -0.3 is 5.11 Å². The summed E-state index contributed by atoms with van der Waals surface area (Å²) < 4.78 is -1.19. The fourth-order valence-corrected chi connectivity index (χ4v) is 3.26. The van der Waals surface area contributed by atoms with Crippen LogP contribution in [0.15, 0.2) is 24.3 Å². The lowest BCUT2D eigenvalue weighted by Gasteiger charge is -2.19. The molecular weight excluding hydrogens is 283 g/mol. The topological polar surface area (TPSA) is 37.3 Å². The number of carboxylic acids is 1. The van der Waals surface area contributed by atoms with Gasteiger partial charge in [-0.05, 0) is 23.0 Å². The second-order valence-electron chi connectivity index (χ2n) is 6.53. The summed E-state index contributed by atoms with van der Waals surface area (Å²) in [6.07, 6.45) is 1.21. The molecule has 19 heavy (non-hydrogen) atoms. The van der Waals surface area contributed by atoms with E-state index in [1.807, 2.05) is 24.3 Å². The zero-order chi connectivity index (χ0) is 14.5. The monoisotopic (exact) mass is 300 g/mol. The third kappa shape index (κ3) is 2.61. The molecule has 0 heterocycles. The van der Waals surface area contributed by atoms with Crippen LogP contribution < -0.4 is 0 Å². The second kappa shape index (κ2) is 4.39. The van der Waals surface area contributed by atoms with E-state index in [0.29, 0.717) is 5.56 Å². The molecule has 1 aliphatic rings. The Balaban J connectivity index is 2.27. The van der Waals surface area contributed by atoms with Gasteiger partial charge in [-0.15, -0.1) is 0 Å². The fraction of sp³-hybridized carbons (Fsp3) is 0.533. The standard InChI is InChI=1S/C15H18Cl2O2/c1-13(2,3)8-10-4-6-11(7-5-10)14(12(18)19)9-15(14,16)17/h4-7H,8-9H2,1-3H3,(H,18,19). The van der Waals surface area contributed by atoms with Gasteiger partial charge in [-0.2, -0.15) is 0 Å². The second-order valence-corrected chi connectivity index (χ2v) is 8.01. The predicted molar refractivity (Wildman–Crippen MR) is 78.0 cm³/mol. The highest BCUT2D eigenvalue weighted by molar-refractivity contribution is 6.54. The Labute approximate surface area is 123 Å². The first-order valence-electron chi connectivity index (χ1n) is 6.29. The number of alkyl halides is 2. The van der Waals surface area contributed by atoms with Crippen LogP contribution in [0.2, 0.25) is 0 Å². The molecule has 0 aliphatic heterocycles. The molecule has 0 aromatic heterocycles. The highest BCUT2D eigenvalue weighted by Gasteiger charge is 2.72. The quantitative estimate of drug-likeness (QED) is 0.851. The van der Waals surface area contributed by atoms with Crippen LogP contribution in [0.1, 0.15) is 38.3 Å². The summed E-state index contributed by atoms with van der Waals surface area (Å²) in [5.74, 6) is -0.957. The van der Waals surface area contributed by atoms with Crippen LogP contribution in [-0.2, 0) is 16.6 Å². The van der Waals surface area contributed by atoms with Gasteiger partial charge in [0.1, 0.15) is 9.75 Å². The molecule has 1 fully saturated rings. The number of rotatable bonds is 3. The number of hydrogen-bond acceptors (Lipinski definition) is 1. The van der Waals surface area contributed by atoms with E-state index < -0.39 is 15.7 Å². The van der Waals surface area contributed by atoms with Crippen molar-refractivity contribution in [2.45, 2.75) is 43.4 Å². The van der Waals surface area contributed by atoms with Gasteiger partial charge in [0.05, 0.1) is 0 Å². The third-order valence-electron chi connectivity index (χ3n) is 3.53. The summed E-state index contributed by atoms with van der Waals surface area (Å²) in [7, 11) is 0. The number of halogens is 2. The number of aliphatic carboxylic acids is 1. The van der Waals surface area contributed by atoms with E-state index in [-0.39, 0.29) is 11.8 Å². The number of benzene rings is 1. The van der Waals surface area contributed by atoms with E-state index in [0.717, 1.165) is 6.42 Å². The van der Waals surface area contributed by atoms with Crippen LogP contribution in [0, 0.1) is 5.41 Å². The van der Waals surface area contributed by atoms with Gasteiger partial charge in [-0.1, -0.05) is 68.2 Å². The highest BCUT2D eigenvalue weighted by atomic mass is 35.5. The predicted octanol–water partition coefficient (Wildman–Crippen LogP) is 4.18. The molecule has 2 nitrogen and oxygen atoms in total.